The van der Waals surface area contributed by atoms with E-state index in [1.165, 1.54) is 6.42 Å². The van der Waals surface area contributed by atoms with Crippen LogP contribution in [-0.4, -0.2) is 63.2 Å². The summed E-state index contributed by atoms with van der Waals surface area (Å²) in [5.74, 6) is 0.569. The number of carbonyl (C=O) groups is 3. The molecule has 8 heteroatoms. The Morgan fingerprint density at radius 2 is 1.96 bits per heavy atom. The van der Waals surface area contributed by atoms with Crippen molar-refractivity contribution in [3.63, 3.8) is 0 Å². The number of hydrogen-bond donors (Lipinski definition) is 3. The molecule has 2 unspecified atom stereocenters. The van der Waals surface area contributed by atoms with E-state index in [0.717, 1.165) is 37.9 Å². The minimum atomic E-state index is -0.805. The summed E-state index contributed by atoms with van der Waals surface area (Å²) < 4.78 is 0. The third kappa shape index (κ3) is 6.46. The van der Waals surface area contributed by atoms with Gasteiger partial charge in [0, 0.05) is 12.3 Å². The number of imide groups is 1. The van der Waals surface area contributed by atoms with Crippen molar-refractivity contribution < 1.29 is 24.6 Å². The zero-order valence-electron chi connectivity index (χ0n) is 15.2. The van der Waals surface area contributed by atoms with Crippen LogP contribution < -0.4 is 5.32 Å². The number of aliphatic carboxylic acids is 1. The van der Waals surface area contributed by atoms with Gasteiger partial charge in [-0.3, -0.25) is 14.9 Å². The van der Waals surface area contributed by atoms with Gasteiger partial charge in [0.1, 0.15) is 6.04 Å². The van der Waals surface area contributed by atoms with E-state index >= 15 is 0 Å². The second-order valence-electron chi connectivity index (χ2n) is 7.16. The predicted molar refractivity (Wildman–Crippen MR) is 100 cm³/mol. The highest BCUT2D eigenvalue weighted by molar-refractivity contribution is 7.99. The van der Waals surface area contributed by atoms with E-state index in [0.29, 0.717) is 31.1 Å². The summed E-state index contributed by atoms with van der Waals surface area (Å²) in [5, 5.41) is 21.4. The Kier molecular flexibility index (Phi) is 8.71. The van der Waals surface area contributed by atoms with Gasteiger partial charge in [0.25, 0.3) is 5.91 Å². The fourth-order valence-corrected chi connectivity index (χ4v) is 4.65. The van der Waals surface area contributed by atoms with Crippen LogP contribution in [0.15, 0.2) is 0 Å². The van der Waals surface area contributed by atoms with Crippen molar-refractivity contribution in [2.45, 2.75) is 69.9 Å². The summed E-state index contributed by atoms with van der Waals surface area (Å²) in [6, 6.07) is -0.837. The number of nitrogens with one attached hydrogen (secondary N) is 1. The number of carboxylic acids is 1. The van der Waals surface area contributed by atoms with Crippen LogP contribution in [0.4, 0.5) is 4.79 Å². The number of aliphatic hydroxyl groups excluding tert-OH is 1. The van der Waals surface area contributed by atoms with Crippen molar-refractivity contribution in [3.8, 4) is 0 Å². The van der Waals surface area contributed by atoms with Gasteiger partial charge in [0.05, 0.1) is 12.5 Å². The van der Waals surface area contributed by atoms with Gasteiger partial charge in [-0.1, -0.05) is 19.3 Å². The molecule has 0 aromatic carbocycles. The molecule has 1 saturated carbocycles. The van der Waals surface area contributed by atoms with Crippen molar-refractivity contribution >= 4 is 29.7 Å². The molecule has 0 aromatic heterocycles. The Labute approximate surface area is 158 Å². The maximum absolute atomic E-state index is 12.0. The second kappa shape index (κ2) is 10.8. The monoisotopic (exact) mass is 386 g/mol. The Morgan fingerprint density at radius 1 is 1.23 bits per heavy atom. The number of nitrogens with zero attached hydrogens (tertiary/aromatic N) is 1. The molecular weight excluding hydrogens is 356 g/mol. The van der Waals surface area contributed by atoms with E-state index < -0.39 is 18.1 Å². The lowest BCUT2D eigenvalue weighted by Gasteiger charge is -2.29. The van der Waals surface area contributed by atoms with Crippen LogP contribution in [0.1, 0.15) is 57.8 Å². The minimum absolute atomic E-state index is 0.137. The van der Waals surface area contributed by atoms with E-state index in [4.69, 9.17) is 5.11 Å². The molecule has 3 N–H and O–H groups in total. The molecule has 7 nitrogen and oxygen atoms in total. The molecule has 2 fully saturated rings. The largest absolute Gasteiger partial charge is 0.481 e. The Hall–Kier alpha value is -1.28. The highest BCUT2D eigenvalue weighted by atomic mass is 32.2. The lowest BCUT2D eigenvalue weighted by atomic mass is 9.84. The van der Waals surface area contributed by atoms with Crippen LogP contribution in [0.3, 0.4) is 0 Å². The van der Waals surface area contributed by atoms with E-state index in [2.05, 4.69) is 5.32 Å². The van der Waals surface area contributed by atoms with E-state index in [1.807, 2.05) is 0 Å². The molecule has 1 aliphatic heterocycles. The number of hydrogen-bond acceptors (Lipinski definition) is 5. The first-order valence-electron chi connectivity index (χ1n) is 9.58. The summed E-state index contributed by atoms with van der Waals surface area (Å²) in [4.78, 5) is 36.1. The normalized spacial score (nSPS) is 22.5. The number of carbonyl (C=O) groups excluding carboxylic acids is 2. The highest BCUT2D eigenvalue weighted by Crippen LogP contribution is 2.28. The fourth-order valence-electron chi connectivity index (χ4n) is 3.75. The number of carboxylic acid groups (broad SMARTS) is 1. The molecule has 1 saturated heterocycles. The summed E-state index contributed by atoms with van der Waals surface area (Å²) >= 11 is 1.55. The minimum Gasteiger partial charge on any atom is -0.481 e. The van der Waals surface area contributed by atoms with Crippen molar-refractivity contribution in [1.29, 1.82) is 0 Å². The molecule has 0 bridgehead atoms. The Balaban J connectivity index is 1.73. The molecule has 2 aliphatic rings. The fraction of sp³-hybridized carbons (Fsp3) is 0.833. The van der Waals surface area contributed by atoms with Crippen LogP contribution in [-0.2, 0) is 9.59 Å². The van der Waals surface area contributed by atoms with Gasteiger partial charge in [-0.2, -0.15) is 11.8 Å². The van der Waals surface area contributed by atoms with Gasteiger partial charge < -0.3 is 15.1 Å². The molecule has 1 heterocycles. The maximum atomic E-state index is 12.0. The number of urea groups is 1. The van der Waals surface area contributed by atoms with Gasteiger partial charge in [-0.25, -0.2) is 4.79 Å². The average Bonchev–Trinajstić information content (AvgIpc) is 2.89. The van der Waals surface area contributed by atoms with Gasteiger partial charge in [0.15, 0.2) is 0 Å². The van der Waals surface area contributed by atoms with Gasteiger partial charge in [-0.05, 0) is 43.8 Å². The maximum Gasteiger partial charge on any atom is 0.324 e. The summed E-state index contributed by atoms with van der Waals surface area (Å²) in [6.45, 7) is 0.395. The first-order chi connectivity index (χ1) is 12.5. The lowest BCUT2D eigenvalue weighted by Crippen LogP contribution is -2.38. The third-order valence-electron chi connectivity index (χ3n) is 5.26. The first-order valence-corrected chi connectivity index (χ1v) is 10.7. The Bertz CT molecular complexity index is 496. The molecule has 0 spiro atoms. The zero-order valence-corrected chi connectivity index (χ0v) is 16.0. The van der Waals surface area contributed by atoms with Gasteiger partial charge in [-0.15, -0.1) is 0 Å². The molecule has 1 aliphatic carbocycles. The van der Waals surface area contributed by atoms with Gasteiger partial charge >= 0.3 is 12.0 Å². The molecule has 0 radical (unpaired) electrons. The zero-order chi connectivity index (χ0) is 18.9. The SMILES string of the molecule is O=C(O)CCSCCCC1C(=O)NC(=O)N1CCC(O)C1CCCCC1. The summed E-state index contributed by atoms with van der Waals surface area (Å²) in [5.41, 5.74) is 0. The van der Waals surface area contributed by atoms with Crippen molar-refractivity contribution in [3.05, 3.63) is 0 Å². The predicted octanol–water partition coefficient (Wildman–Crippen LogP) is 2.23. The summed E-state index contributed by atoms with van der Waals surface area (Å²) in [6.07, 6.45) is 7.19. The van der Waals surface area contributed by atoms with Crippen molar-refractivity contribution in [2.75, 3.05) is 18.1 Å². The van der Waals surface area contributed by atoms with Crippen LogP contribution in [0.2, 0.25) is 0 Å². The average molecular weight is 387 g/mol. The quantitative estimate of drug-likeness (QED) is 0.371. The standard InChI is InChI=1S/C18H30N2O5S/c21-15(13-5-2-1-3-6-13)8-10-20-14(17(24)19-18(20)25)7-4-11-26-12-9-16(22)23/h13-15,21H,1-12H2,(H,22,23)(H,19,24,25). The van der Waals surface area contributed by atoms with Crippen LogP contribution >= 0.6 is 11.8 Å². The number of aliphatic hydroxyl groups is 1. The third-order valence-corrected chi connectivity index (χ3v) is 6.33. The van der Waals surface area contributed by atoms with E-state index in [9.17, 15) is 19.5 Å². The number of rotatable bonds is 11. The molecule has 0 aromatic rings. The molecule has 3 amide bonds. The number of thioether (sulfide) groups is 1. The highest BCUT2D eigenvalue weighted by Gasteiger charge is 2.38. The van der Waals surface area contributed by atoms with Crippen molar-refractivity contribution in [2.24, 2.45) is 5.92 Å². The Morgan fingerprint density at radius 3 is 2.65 bits per heavy atom. The van der Waals surface area contributed by atoms with E-state index in [-0.39, 0.29) is 18.4 Å². The molecular formula is C18H30N2O5S. The van der Waals surface area contributed by atoms with Crippen LogP contribution in [0.5, 0.6) is 0 Å². The number of amides is 3. The molecule has 26 heavy (non-hydrogen) atoms. The lowest BCUT2D eigenvalue weighted by molar-refractivity contribution is -0.136. The van der Waals surface area contributed by atoms with Crippen molar-refractivity contribution in [1.82, 2.24) is 10.2 Å². The molecule has 2 atom stereocenters. The smallest absolute Gasteiger partial charge is 0.324 e. The van der Waals surface area contributed by atoms with Gasteiger partial charge in [0.2, 0.25) is 0 Å². The van der Waals surface area contributed by atoms with Crippen LogP contribution in [0, 0.1) is 5.92 Å². The molecule has 148 valence electrons. The first kappa shape index (κ1) is 21.0. The van der Waals surface area contributed by atoms with E-state index in [1.54, 1.807) is 16.7 Å². The second-order valence-corrected chi connectivity index (χ2v) is 8.38. The van der Waals surface area contributed by atoms with Crippen LogP contribution in [0.25, 0.3) is 0 Å². The summed E-state index contributed by atoms with van der Waals surface area (Å²) in [7, 11) is 0. The topological polar surface area (TPSA) is 107 Å². The molecule has 2 rings (SSSR count).